The largest absolute Gasteiger partial charge is 0.481 e. The Morgan fingerprint density at radius 1 is 1.24 bits per heavy atom. The molecule has 0 bridgehead atoms. The molecule has 94 valence electrons. The van der Waals surface area contributed by atoms with Crippen LogP contribution in [0.25, 0.3) is 0 Å². The summed E-state index contributed by atoms with van der Waals surface area (Å²) in [6.45, 7) is 0.554. The molecule has 1 fully saturated rings. The van der Waals surface area contributed by atoms with E-state index in [1.165, 1.54) is 44.2 Å². The van der Waals surface area contributed by atoms with Crippen LogP contribution in [0.3, 0.4) is 0 Å². The predicted molar refractivity (Wildman–Crippen MR) is 69.1 cm³/mol. The van der Waals surface area contributed by atoms with Gasteiger partial charge in [0, 0.05) is 24.2 Å². The molecule has 0 saturated heterocycles. The standard InChI is InChI=1S/C14H22N2O/c1-17-14-9-11(10-15)8-13(16-14)12-6-4-2-3-5-7-12/h8-9,12H,2-7,10,15H2,1H3. The molecule has 1 aliphatic rings. The summed E-state index contributed by atoms with van der Waals surface area (Å²) in [6, 6.07) is 4.08. The maximum Gasteiger partial charge on any atom is 0.213 e. The molecule has 17 heavy (non-hydrogen) atoms. The molecule has 3 heteroatoms. The van der Waals surface area contributed by atoms with Crippen molar-refractivity contribution in [3.8, 4) is 5.88 Å². The zero-order valence-electron chi connectivity index (χ0n) is 10.6. The van der Waals surface area contributed by atoms with Crippen molar-refractivity contribution in [2.75, 3.05) is 7.11 Å². The Bertz CT molecular complexity index is 335. The van der Waals surface area contributed by atoms with Crippen LogP contribution in [0.15, 0.2) is 12.1 Å². The van der Waals surface area contributed by atoms with Crippen molar-refractivity contribution < 1.29 is 4.74 Å². The third kappa shape index (κ3) is 3.19. The van der Waals surface area contributed by atoms with E-state index in [4.69, 9.17) is 10.5 Å². The van der Waals surface area contributed by atoms with Crippen LogP contribution in [0.4, 0.5) is 0 Å². The first-order valence-corrected chi connectivity index (χ1v) is 6.58. The summed E-state index contributed by atoms with van der Waals surface area (Å²) in [7, 11) is 1.67. The van der Waals surface area contributed by atoms with Crippen LogP contribution < -0.4 is 10.5 Å². The highest BCUT2D eigenvalue weighted by molar-refractivity contribution is 5.27. The van der Waals surface area contributed by atoms with Gasteiger partial charge in [-0.05, 0) is 24.5 Å². The Labute approximate surface area is 103 Å². The molecular formula is C14H22N2O. The van der Waals surface area contributed by atoms with Gasteiger partial charge in [0.1, 0.15) is 0 Å². The lowest BCUT2D eigenvalue weighted by Crippen LogP contribution is -2.05. The fourth-order valence-corrected chi connectivity index (χ4v) is 2.59. The highest BCUT2D eigenvalue weighted by Crippen LogP contribution is 2.31. The summed E-state index contributed by atoms with van der Waals surface area (Å²) in [6.07, 6.45) is 7.88. The minimum atomic E-state index is 0.554. The summed E-state index contributed by atoms with van der Waals surface area (Å²) in [5.41, 5.74) is 8.01. The van der Waals surface area contributed by atoms with E-state index in [1.54, 1.807) is 7.11 Å². The Morgan fingerprint density at radius 2 is 1.94 bits per heavy atom. The molecule has 1 aliphatic carbocycles. The van der Waals surface area contributed by atoms with Crippen LogP contribution in [0.1, 0.15) is 55.7 Å². The molecule has 0 atom stereocenters. The van der Waals surface area contributed by atoms with Gasteiger partial charge < -0.3 is 10.5 Å². The van der Waals surface area contributed by atoms with Gasteiger partial charge in [0.15, 0.2) is 0 Å². The molecule has 3 nitrogen and oxygen atoms in total. The topological polar surface area (TPSA) is 48.1 Å². The number of hydrogen-bond donors (Lipinski definition) is 1. The van der Waals surface area contributed by atoms with Gasteiger partial charge in [-0.1, -0.05) is 25.7 Å². The number of methoxy groups -OCH3 is 1. The molecule has 1 aromatic rings. The molecule has 1 aromatic heterocycles. The van der Waals surface area contributed by atoms with E-state index in [0.717, 1.165) is 5.56 Å². The van der Waals surface area contributed by atoms with Crippen molar-refractivity contribution >= 4 is 0 Å². The summed E-state index contributed by atoms with van der Waals surface area (Å²) in [4.78, 5) is 4.59. The third-order valence-electron chi connectivity index (χ3n) is 3.60. The smallest absolute Gasteiger partial charge is 0.213 e. The molecule has 0 radical (unpaired) electrons. The molecule has 2 N–H and O–H groups in total. The zero-order valence-corrected chi connectivity index (χ0v) is 10.6. The number of pyridine rings is 1. The summed E-state index contributed by atoms with van der Waals surface area (Å²) in [5.74, 6) is 1.30. The van der Waals surface area contributed by atoms with Crippen LogP contribution in [-0.4, -0.2) is 12.1 Å². The van der Waals surface area contributed by atoms with Crippen molar-refractivity contribution in [1.82, 2.24) is 4.98 Å². The van der Waals surface area contributed by atoms with Crippen LogP contribution in [0.5, 0.6) is 5.88 Å². The van der Waals surface area contributed by atoms with Crippen molar-refractivity contribution in [2.24, 2.45) is 5.73 Å². The Balaban J connectivity index is 2.22. The molecule has 0 spiro atoms. The van der Waals surface area contributed by atoms with Gasteiger partial charge in [0.05, 0.1) is 7.11 Å². The second kappa shape index (κ2) is 6.01. The van der Waals surface area contributed by atoms with E-state index in [0.29, 0.717) is 18.3 Å². The molecule has 0 amide bonds. The number of nitrogens with two attached hydrogens (primary N) is 1. The highest BCUT2D eigenvalue weighted by Gasteiger charge is 2.17. The molecule has 0 aliphatic heterocycles. The fraction of sp³-hybridized carbons (Fsp3) is 0.643. The van der Waals surface area contributed by atoms with Crippen molar-refractivity contribution in [3.63, 3.8) is 0 Å². The van der Waals surface area contributed by atoms with E-state index in [9.17, 15) is 0 Å². The van der Waals surface area contributed by atoms with Gasteiger partial charge in [-0.2, -0.15) is 0 Å². The van der Waals surface area contributed by atoms with Crippen LogP contribution in [0.2, 0.25) is 0 Å². The van der Waals surface area contributed by atoms with Gasteiger partial charge in [-0.25, -0.2) is 4.98 Å². The normalized spacial score (nSPS) is 17.8. The van der Waals surface area contributed by atoms with Crippen LogP contribution >= 0.6 is 0 Å². The van der Waals surface area contributed by atoms with Gasteiger partial charge in [-0.15, -0.1) is 0 Å². The van der Waals surface area contributed by atoms with Crippen LogP contribution in [-0.2, 0) is 6.54 Å². The van der Waals surface area contributed by atoms with E-state index < -0.39 is 0 Å². The lowest BCUT2D eigenvalue weighted by atomic mass is 9.95. The van der Waals surface area contributed by atoms with E-state index >= 15 is 0 Å². The van der Waals surface area contributed by atoms with E-state index in [2.05, 4.69) is 11.1 Å². The zero-order chi connectivity index (χ0) is 12.1. The first kappa shape index (κ1) is 12.4. The molecule has 0 aromatic carbocycles. The number of aromatic nitrogens is 1. The Morgan fingerprint density at radius 3 is 2.53 bits per heavy atom. The molecule has 1 saturated carbocycles. The number of ether oxygens (including phenoxy) is 1. The van der Waals surface area contributed by atoms with E-state index in [1.807, 2.05) is 6.07 Å². The minimum absolute atomic E-state index is 0.554. The van der Waals surface area contributed by atoms with Crippen molar-refractivity contribution in [3.05, 3.63) is 23.4 Å². The molecule has 2 rings (SSSR count). The first-order chi connectivity index (χ1) is 8.33. The highest BCUT2D eigenvalue weighted by atomic mass is 16.5. The molecular weight excluding hydrogens is 212 g/mol. The lowest BCUT2D eigenvalue weighted by molar-refractivity contribution is 0.393. The second-order valence-corrected chi connectivity index (χ2v) is 4.84. The average molecular weight is 234 g/mol. The van der Waals surface area contributed by atoms with Gasteiger partial charge >= 0.3 is 0 Å². The fourth-order valence-electron chi connectivity index (χ4n) is 2.59. The van der Waals surface area contributed by atoms with Gasteiger partial charge in [0.25, 0.3) is 0 Å². The molecule has 0 unspecified atom stereocenters. The van der Waals surface area contributed by atoms with Crippen molar-refractivity contribution in [2.45, 2.75) is 51.0 Å². The van der Waals surface area contributed by atoms with Crippen LogP contribution in [0, 0.1) is 0 Å². The van der Waals surface area contributed by atoms with Gasteiger partial charge in [0.2, 0.25) is 5.88 Å². The molecule has 1 heterocycles. The summed E-state index contributed by atoms with van der Waals surface area (Å²) >= 11 is 0. The second-order valence-electron chi connectivity index (χ2n) is 4.84. The monoisotopic (exact) mass is 234 g/mol. The third-order valence-corrected chi connectivity index (χ3v) is 3.60. The minimum Gasteiger partial charge on any atom is -0.481 e. The van der Waals surface area contributed by atoms with Crippen molar-refractivity contribution in [1.29, 1.82) is 0 Å². The maximum atomic E-state index is 5.72. The Hall–Kier alpha value is -1.09. The average Bonchev–Trinajstić information content (AvgIpc) is 2.67. The summed E-state index contributed by atoms with van der Waals surface area (Å²) < 4.78 is 5.25. The summed E-state index contributed by atoms with van der Waals surface area (Å²) in [5, 5.41) is 0. The first-order valence-electron chi connectivity index (χ1n) is 6.58. The number of hydrogen-bond acceptors (Lipinski definition) is 3. The predicted octanol–water partition coefficient (Wildman–Crippen LogP) is 2.99. The van der Waals surface area contributed by atoms with E-state index in [-0.39, 0.29) is 0 Å². The SMILES string of the molecule is COc1cc(CN)cc(C2CCCCCC2)n1. The number of rotatable bonds is 3. The lowest BCUT2D eigenvalue weighted by Gasteiger charge is -2.15. The maximum absolute atomic E-state index is 5.72. The quantitative estimate of drug-likeness (QED) is 0.818. The van der Waals surface area contributed by atoms with Gasteiger partial charge in [-0.3, -0.25) is 0 Å². The Kier molecular flexibility index (Phi) is 4.37. The number of nitrogens with zero attached hydrogens (tertiary/aromatic N) is 1.